The van der Waals surface area contributed by atoms with Gasteiger partial charge in [0, 0.05) is 56.1 Å². The summed E-state index contributed by atoms with van der Waals surface area (Å²) >= 11 is 1.56. The summed E-state index contributed by atoms with van der Waals surface area (Å²) in [7, 11) is 0. The molecule has 1 aliphatic rings. The lowest BCUT2D eigenvalue weighted by Gasteiger charge is -2.34. The molecule has 3 heterocycles. The minimum Gasteiger partial charge on any atom is -0.340 e. The molecule has 5 nitrogen and oxygen atoms in total. The van der Waals surface area contributed by atoms with Crippen molar-refractivity contribution in [2.75, 3.05) is 26.2 Å². The Morgan fingerprint density at radius 2 is 2.00 bits per heavy atom. The van der Waals surface area contributed by atoms with Crippen molar-refractivity contribution in [3.8, 4) is 10.6 Å². The Balaban J connectivity index is 1.29. The van der Waals surface area contributed by atoms with Gasteiger partial charge >= 0.3 is 0 Å². The number of rotatable bonds is 5. The number of hydrogen-bond donors (Lipinski definition) is 0. The summed E-state index contributed by atoms with van der Waals surface area (Å²) in [5.41, 5.74) is 4.47. The third-order valence-electron chi connectivity index (χ3n) is 5.01. The number of nitrogens with zero attached hydrogens (tertiary/aromatic N) is 4. The van der Waals surface area contributed by atoms with E-state index in [0.717, 1.165) is 49.0 Å². The van der Waals surface area contributed by atoms with Crippen molar-refractivity contribution in [1.29, 1.82) is 0 Å². The summed E-state index contributed by atoms with van der Waals surface area (Å²) in [6.07, 6.45) is 3.92. The van der Waals surface area contributed by atoms with E-state index in [0.29, 0.717) is 6.42 Å². The Kier molecular flexibility index (Phi) is 5.78. The van der Waals surface area contributed by atoms with Crippen LogP contribution in [-0.4, -0.2) is 51.9 Å². The van der Waals surface area contributed by atoms with E-state index >= 15 is 0 Å². The van der Waals surface area contributed by atoms with Crippen LogP contribution < -0.4 is 0 Å². The second kappa shape index (κ2) is 8.63. The Bertz CT molecular complexity index is 932. The highest BCUT2D eigenvalue weighted by atomic mass is 32.1. The fourth-order valence-electron chi connectivity index (χ4n) is 3.50. The largest absolute Gasteiger partial charge is 0.340 e. The number of pyridine rings is 1. The number of thiazole rings is 1. The summed E-state index contributed by atoms with van der Waals surface area (Å²) < 4.78 is 0. The van der Waals surface area contributed by atoms with Gasteiger partial charge in [-0.1, -0.05) is 29.8 Å². The fourth-order valence-corrected chi connectivity index (χ4v) is 4.31. The van der Waals surface area contributed by atoms with Crippen molar-refractivity contribution in [2.45, 2.75) is 19.9 Å². The van der Waals surface area contributed by atoms with Crippen LogP contribution in [0.1, 0.15) is 16.8 Å². The quantitative estimate of drug-likeness (QED) is 0.668. The molecule has 28 heavy (non-hydrogen) atoms. The van der Waals surface area contributed by atoms with Crippen LogP contribution in [-0.2, 0) is 17.8 Å². The number of benzene rings is 1. The highest BCUT2D eigenvalue weighted by Crippen LogP contribution is 2.23. The number of carbonyl (C=O) groups is 1. The smallest absolute Gasteiger partial charge is 0.228 e. The zero-order chi connectivity index (χ0) is 19.3. The van der Waals surface area contributed by atoms with Crippen LogP contribution in [0, 0.1) is 6.92 Å². The molecule has 144 valence electrons. The number of hydrogen-bond acceptors (Lipinski definition) is 5. The topological polar surface area (TPSA) is 49.3 Å². The predicted octanol–water partition coefficient (Wildman–Crippen LogP) is 3.40. The Hall–Kier alpha value is -2.57. The molecule has 2 aromatic heterocycles. The van der Waals surface area contributed by atoms with Crippen LogP contribution in [0.25, 0.3) is 10.6 Å². The van der Waals surface area contributed by atoms with Gasteiger partial charge in [0.25, 0.3) is 0 Å². The SMILES string of the molecule is Cc1cccc(CN2CCN(C(=O)Cc3csc(-c4cccnc4)n3)CC2)c1. The van der Waals surface area contributed by atoms with E-state index < -0.39 is 0 Å². The van der Waals surface area contributed by atoms with E-state index in [1.165, 1.54) is 11.1 Å². The molecule has 0 spiro atoms. The first-order valence-electron chi connectivity index (χ1n) is 9.58. The van der Waals surface area contributed by atoms with Crippen molar-refractivity contribution in [3.63, 3.8) is 0 Å². The zero-order valence-electron chi connectivity index (χ0n) is 16.0. The van der Waals surface area contributed by atoms with Crippen molar-refractivity contribution in [1.82, 2.24) is 19.8 Å². The Labute approximate surface area is 169 Å². The second-order valence-corrected chi connectivity index (χ2v) is 8.07. The zero-order valence-corrected chi connectivity index (χ0v) is 16.9. The normalized spacial score (nSPS) is 15.0. The minimum absolute atomic E-state index is 0.165. The average Bonchev–Trinajstić information content (AvgIpc) is 3.18. The lowest BCUT2D eigenvalue weighted by molar-refractivity contribution is -0.132. The summed E-state index contributed by atoms with van der Waals surface area (Å²) in [5.74, 6) is 0.165. The molecule has 4 rings (SSSR count). The molecule has 0 saturated carbocycles. The fraction of sp³-hybridized carbons (Fsp3) is 0.318. The summed E-state index contributed by atoms with van der Waals surface area (Å²) in [4.78, 5) is 25.8. The molecule has 0 atom stereocenters. The van der Waals surface area contributed by atoms with Gasteiger partial charge in [0.2, 0.25) is 5.91 Å². The molecule has 1 saturated heterocycles. The number of aryl methyl sites for hydroxylation is 1. The third kappa shape index (κ3) is 4.64. The molecular formula is C22H24N4OS. The number of piperazine rings is 1. The number of carbonyl (C=O) groups excluding carboxylic acids is 1. The molecule has 1 aromatic carbocycles. The van der Waals surface area contributed by atoms with Gasteiger partial charge in [-0.15, -0.1) is 11.3 Å². The molecule has 0 radical (unpaired) electrons. The van der Waals surface area contributed by atoms with Gasteiger partial charge in [-0.3, -0.25) is 14.7 Å². The predicted molar refractivity (Wildman–Crippen MR) is 112 cm³/mol. The van der Waals surface area contributed by atoms with Gasteiger partial charge in [0.05, 0.1) is 12.1 Å². The first-order valence-corrected chi connectivity index (χ1v) is 10.5. The van der Waals surface area contributed by atoms with Gasteiger partial charge in [0.1, 0.15) is 5.01 Å². The van der Waals surface area contributed by atoms with Gasteiger partial charge in [-0.05, 0) is 24.6 Å². The molecule has 3 aromatic rings. The van der Waals surface area contributed by atoms with Crippen LogP contribution in [0.5, 0.6) is 0 Å². The van der Waals surface area contributed by atoms with Crippen LogP contribution in [0.4, 0.5) is 0 Å². The first-order chi connectivity index (χ1) is 13.7. The van der Waals surface area contributed by atoms with Crippen molar-refractivity contribution in [3.05, 3.63) is 71.0 Å². The van der Waals surface area contributed by atoms with E-state index in [4.69, 9.17) is 0 Å². The summed E-state index contributed by atoms with van der Waals surface area (Å²) in [6, 6.07) is 12.5. The molecule has 0 aliphatic carbocycles. The highest BCUT2D eigenvalue weighted by molar-refractivity contribution is 7.13. The standard InChI is InChI=1S/C22H24N4OS/c1-17-4-2-5-18(12-17)15-25-8-10-26(11-9-25)21(27)13-20-16-28-22(24-20)19-6-3-7-23-14-19/h2-7,12,14,16H,8-11,13,15H2,1H3. The van der Waals surface area contributed by atoms with Gasteiger partial charge in [0.15, 0.2) is 0 Å². The lowest BCUT2D eigenvalue weighted by Crippen LogP contribution is -2.48. The molecule has 0 bridgehead atoms. The molecular weight excluding hydrogens is 368 g/mol. The number of amides is 1. The van der Waals surface area contributed by atoms with E-state index in [-0.39, 0.29) is 5.91 Å². The average molecular weight is 393 g/mol. The third-order valence-corrected chi connectivity index (χ3v) is 5.95. The second-order valence-electron chi connectivity index (χ2n) is 7.21. The van der Waals surface area contributed by atoms with Gasteiger partial charge < -0.3 is 4.90 Å². The lowest BCUT2D eigenvalue weighted by atomic mass is 10.1. The molecule has 0 N–H and O–H groups in total. The van der Waals surface area contributed by atoms with Crippen molar-refractivity contribution < 1.29 is 4.79 Å². The van der Waals surface area contributed by atoms with E-state index in [9.17, 15) is 4.79 Å². The van der Waals surface area contributed by atoms with Crippen LogP contribution in [0.2, 0.25) is 0 Å². The van der Waals surface area contributed by atoms with Crippen LogP contribution in [0.3, 0.4) is 0 Å². The maximum Gasteiger partial charge on any atom is 0.228 e. The Morgan fingerprint density at radius 1 is 1.14 bits per heavy atom. The van der Waals surface area contributed by atoms with E-state index in [2.05, 4.69) is 46.1 Å². The van der Waals surface area contributed by atoms with Gasteiger partial charge in [-0.25, -0.2) is 4.98 Å². The molecule has 1 amide bonds. The molecule has 0 unspecified atom stereocenters. The molecule has 6 heteroatoms. The monoisotopic (exact) mass is 392 g/mol. The van der Waals surface area contributed by atoms with E-state index in [1.54, 1.807) is 23.7 Å². The van der Waals surface area contributed by atoms with Crippen molar-refractivity contribution >= 4 is 17.2 Å². The minimum atomic E-state index is 0.165. The highest BCUT2D eigenvalue weighted by Gasteiger charge is 2.22. The van der Waals surface area contributed by atoms with Gasteiger partial charge in [-0.2, -0.15) is 0 Å². The van der Waals surface area contributed by atoms with E-state index in [1.807, 2.05) is 22.4 Å². The Morgan fingerprint density at radius 3 is 2.75 bits per heavy atom. The first kappa shape index (κ1) is 18.8. The van der Waals surface area contributed by atoms with Crippen LogP contribution in [0.15, 0.2) is 54.2 Å². The molecule has 1 aliphatic heterocycles. The maximum atomic E-state index is 12.7. The van der Waals surface area contributed by atoms with Crippen LogP contribution >= 0.6 is 11.3 Å². The summed E-state index contributed by atoms with van der Waals surface area (Å²) in [5, 5.41) is 2.90. The maximum absolute atomic E-state index is 12.7. The number of aromatic nitrogens is 2. The molecule has 1 fully saturated rings. The van der Waals surface area contributed by atoms with Crippen molar-refractivity contribution in [2.24, 2.45) is 0 Å². The summed E-state index contributed by atoms with van der Waals surface area (Å²) in [6.45, 7) is 6.46.